The number of allylic oxidation sites excluding steroid dienone is 16. The number of amides is 1. The fourth-order valence-corrected chi connectivity index (χ4v) is 10.7. The number of hydrogen-bond donors (Lipinski definition) is 9. The molecule has 9 N–H and O–H groups in total. The van der Waals surface area contributed by atoms with Crippen molar-refractivity contribution in [3.8, 4) is 0 Å². The van der Waals surface area contributed by atoms with Crippen molar-refractivity contribution in [2.45, 2.75) is 325 Å². The molecule has 1 amide bonds. The van der Waals surface area contributed by atoms with E-state index in [-0.39, 0.29) is 18.9 Å². The molecule has 14 heteroatoms. The van der Waals surface area contributed by atoms with Crippen LogP contribution in [0.2, 0.25) is 0 Å². The molecule has 12 atom stereocenters. The molecule has 2 aliphatic rings. The van der Waals surface area contributed by atoms with Crippen molar-refractivity contribution in [1.29, 1.82) is 0 Å². The maximum atomic E-state index is 13.3. The highest BCUT2D eigenvalue weighted by Gasteiger charge is 2.51. The first-order chi connectivity index (χ1) is 41.6. The fourth-order valence-electron chi connectivity index (χ4n) is 10.7. The summed E-state index contributed by atoms with van der Waals surface area (Å²) in [6.45, 7) is 2.74. The van der Waals surface area contributed by atoms with E-state index in [2.05, 4.69) is 116 Å². The highest BCUT2D eigenvalue weighted by molar-refractivity contribution is 5.76. The van der Waals surface area contributed by atoms with Gasteiger partial charge in [0.15, 0.2) is 12.6 Å². The molecule has 2 rings (SSSR count). The third-order valence-electron chi connectivity index (χ3n) is 16.1. The maximum absolute atomic E-state index is 13.3. The van der Waals surface area contributed by atoms with Gasteiger partial charge < -0.3 is 65.1 Å². The lowest BCUT2D eigenvalue weighted by molar-refractivity contribution is -0.359. The normalized spacial score (nSPS) is 24.2. The molecule has 0 aromatic heterocycles. The van der Waals surface area contributed by atoms with Crippen LogP contribution in [0, 0.1) is 0 Å². The van der Waals surface area contributed by atoms with Gasteiger partial charge in [0, 0.05) is 6.42 Å². The number of hydrogen-bond acceptors (Lipinski definition) is 13. The van der Waals surface area contributed by atoms with Crippen molar-refractivity contribution in [3.05, 3.63) is 97.2 Å². The van der Waals surface area contributed by atoms with Crippen LogP contribution in [0.3, 0.4) is 0 Å². The van der Waals surface area contributed by atoms with Crippen LogP contribution in [0.25, 0.3) is 0 Å². The van der Waals surface area contributed by atoms with Crippen LogP contribution in [-0.2, 0) is 23.7 Å². The summed E-state index contributed by atoms with van der Waals surface area (Å²) in [4.78, 5) is 13.3. The van der Waals surface area contributed by atoms with Gasteiger partial charge in [0.05, 0.1) is 32.0 Å². The van der Waals surface area contributed by atoms with Gasteiger partial charge in [-0.05, 0) is 77.0 Å². The molecular weight excluding hydrogens is 1070 g/mol. The molecule has 490 valence electrons. The average Bonchev–Trinajstić information content (AvgIpc) is 3.68. The van der Waals surface area contributed by atoms with Crippen molar-refractivity contribution in [1.82, 2.24) is 5.32 Å². The van der Waals surface area contributed by atoms with Gasteiger partial charge in [-0.3, -0.25) is 4.79 Å². The zero-order valence-electron chi connectivity index (χ0n) is 53.1. The Bertz CT molecular complexity index is 1800. The van der Waals surface area contributed by atoms with E-state index in [1.807, 2.05) is 0 Å². The van der Waals surface area contributed by atoms with Crippen LogP contribution in [0.15, 0.2) is 97.2 Å². The summed E-state index contributed by atoms with van der Waals surface area (Å²) >= 11 is 0. The number of carbonyl (C=O) groups is 1. The van der Waals surface area contributed by atoms with Gasteiger partial charge in [0.25, 0.3) is 0 Å². The van der Waals surface area contributed by atoms with Gasteiger partial charge in [-0.2, -0.15) is 0 Å². The van der Waals surface area contributed by atoms with Crippen LogP contribution < -0.4 is 5.32 Å². The number of ether oxygens (including phenoxy) is 4. The van der Waals surface area contributed by atoms with Gasteiger partial charge in [-0.1, -0.05) is 265 Å². The zero-order chi connectivity index (χ0) is 61.6. The first kappa shape index (κ1) is 78.0. The Balaban J connectivity index is 1.73. The van der Waals surface area contributed by atoms with Crippen molar-refractivity contribution in [3.63, 3.8) is 0 Å². The Kier molecular flexibility index (Phi) is 50.5. The molecule has 0 aromatic rings. The number of aliphatic hydroxyl groups is 8. The van der Waals surface area contributed by atoms with E-state index in [1.165, 1.54) is 128 Å². The van der Waals surface area contributed by atoms with Crippen LogP contribution in [0.1, 0.15) is 251 Å². The minimum atomic E-state index is -1.79. The molecule has 0 bridgehead atoms. The second-order valence-corrected chi connectivity index (χ2v) is 23.6. The van der Waals surface area contributed by atoms with Crippen molar-refractivity contribution in [2.24, 2.45) is 0 Å². The first-order valence-corrected chi connectivity index (χ1v) is 34.0. The highest BCUT2D eigenvalue weighted by Crippen LogP contribution is 2.30. The lowest BCUT2D eigenvalue weighted by Gasteiger charge is -2.46. The summed E-state index contributed by atoms with van der Waals surface area (Å²) in [6, 6.07) is -0.861. The molecule has 2 fully saturated rings. The van der Waals surface area contributed by atoms with E-state index in [4.69, 9.17) is 18.9 Å². The number of nitrogens with one attached hydrogen (secondary N) is 1. The lowest BCUT2D eigenvalue weighted by atomic mass is 9.97. The molecule has 14 nitrogen and oxygen atoms in total. The van der Waals surface area contributed by atoms with E-state index >= 15 is 0 Å². The second kappa shape index (κ2) is 55.0. The molecule has 85 heavy (non-hydrogen) atoms. The molecule has 0 saturated carbocycles. The molecule has 0 radical (unpaired) electrons. The SMILES string of the molecule is CC/C=C\C/C=C\C/C=C\C/C=C\C/C=C\C/C=C\C/C=C\C/C=C\CCCCC(=O)NC(COC1OC(CO)C(OC2OC(CO)C(O)C(O)C2O)C(O)C1O)C(O)CCCCCCCCCCCCCCCCCCCCCCCCCC. The summed E-state index contributed by atoms with van der Waals surface area (Å²) in [5.41, 5.74) is 0. The predicted octanol–water partition coefficient (Wildman–Crippen LogP) is 13.4. The summed E-state index contributed by atoms with van der Waals surface area (Å²) < 4.78 is 22.9. The topological polar surface area (TPSA) is 228 Å². The first-order valence-electron chi connectivity index (χ1n) is 34.0. The number of carbonyl (C=O) groups excluding carboxylic acids is 1. The van der Waals surface area contributed by atoms with Crippen molar-refractivity contribution < 1.29 is 64.6 Å². The van der Waals surface area contributed by atoms with Gasteiger partial charge in [0.1, 0.15) is 48.8 Å². The molecule has 2 heterocycles. The van der Waals surface area contributed by atoms with Crippen LogP contribution in [0.5, 0.6) is 0 Å². The molecular formula is C71H123NO13. The predicted molar refractivity (Wildman–Crippen MR) is 346 cm³/mol. The summed E-state index contributed by atoms with van der Waals surface area (Å²) in [6.07, 6.45) is 59.8. The third kappa shape index (κ3) is 39.5. The van der Waals surface area contributed by atoms with Crippen molar-refractivity contribution >= 4 is 5.91 Å². The molecule has 0 aromatic carbocycles. The van der Waals surface area contributed by atoms with Crippen LogP contribution >= 0.6 is 0 Å². The molecule has 2 saturated heterocycles. The number of rotatable bonds is 54. The molecule has 0 aliphatic carbocycles. The fraction of sp³-hybridized carbons (Fsp3) is 0.761. The minimum Gasteiger partial charge on any atom is -0.394 e. The van der Waals surface area contributed by atoms with Crippen molar-refractivity contribution in [2.75, 3.05) is 19.8 Å². The Labute approximate surface area is 515 Å². The van der Waals surface area contributed by atoms with Gasteiger partial charge >= 0.3 is 0 Å². The van der Waals surface area contributed by atoms with E-state index < -0.39 is 86.8 Å². The maximum Gasteiger partial charge on any atom is 0.220 e. The summed E-state index contributed by atoms with van der Waals surface area (Å²) in [5, 5.41) is 87.5. The van der Waals surface area contributed by atoms with E-state index in [0.717, 1.165) is 89.9 Å². The Morgan fingerprint density at radius 3 is 1.22 bits per heavy atom. The van der Waals surface area contributed by atoms with Gasteiger partial charge in [-0.15, -0.1) is 0 Å². The van der Waals surface area contributed by atoms with Gasteiger partial charge in [-0.25, -0.2) is 0 Å². The highest BCUT2D eigenvalue weighted by atomic mass is 16.7. The summed E-state index contributed by atoms with van der Waals surface area (Å²) in [7, 11) is 0. The van der Waals surface area contributed by atoms with Crippen LogP contribution in [-0.4, -0.2) is 140 Å². The minimum absolute atomic E-state index is 0.243. The van der Waals surface area contributed by atoms with E-state index in [9.17, 15) is 45.6 Å². The Hall–Kier alpha value is -3.09. The molecule has 2 aliphatic heterocycles. The van der Waals surface area contributed by atoms with E-state index in [0.29, 0.717) is 12.8 Å². The molecule has 0 spiro atoms. The van der Waals surface area contributed by atoms with Gasteiger partial charge in [0.2, 0.25) is 5.91 Å². The number of unbranched alkanes of at least 4 members (excludes halogenated alkanes) is 25. The second-order valence-electron chi connectivity index (χ2n) is 23.6. The van der Waals surface area contributed by atoms with E-state index in [1.54, 1.807) is 0 Å². The quantitative estimate of drug-likeness (QED) is 0.0204. The molecule has 12 unspecified atom stereocenters. The third-order valence-corrected chi connectivity index (χ3v) is 16.1. The zero-order valence-corrected chi connectivity index (χ0v) is 53.1. The smallest absolute Gasteiger partial charge is 0.220 e. The summed E-state index contributed by atoms with van der Waals surface area (Å²) in [5.74, 6) is -0.250. The largest absolute Gasteiger partial charge is 0.394 e. The Morgan fingerprint density at radius 2 is 0.812 bits per heavy atom. The number of aliphatic hydroxyl groups excluding tert-OH is 8. The standard InChI is InChI=1S/C71H123NO13/c1-3-5-7-9-11-13-15-17-19-21-23-25-27-29-30-31-33-35-37-39-41-43-45-47-49-51-53-55-63(76)72-59(58-82-70-68(81)66(79)69(62(57-74)84-70)85-71-67(80)65(78)64(77)61(56-73)83-71)60(75)54-52-50-48-46-44-42-40-38-36-34-32-28-26-24-22-20-18-16-14-12-10-8-6-4-2/h5,7,11,13,17,19,23,25,29-30,33,35,39,41,45,47,59-62,64-71,73-75,77-81H,3-4,6,8-10,12,14-16,18,20-22,24,26-28,31-32,34,36-38,40,42-44,46,48-58H2,1-2H3,(H,72,76)/b7-5-,13-11-,19-17-,25-23-,30-29-,35-33-,41-39-,47-45-. The lowest BCUT2D eigenvalue weighted by Crippen LogP contribution is -2.65. The van der Waals surface area contributed by atoms with Crippen LogP contribution in [0.4, 0.5) is 0 Å². The average molecular weight is 1200 g/mol. The Morgan fingerprint density at radius 1 is 0.435 bits per heavy atom. The monoisotopic (exact) mass is 1200 g/mol.